The molecule has 1 radical (unpaired) electrons. The summed E-state index contributed by atoms with van der Waals surface area (Å²) in [7, 11) is 1.50. The van der Waals surface area contributed by atoms with Crippen LogP contribution in [-0.2, 0) is 31.6 Å². The summed E-state index contributed by atoms with van der Waals surface area (Å²) in [5, 5.41) is 1.60. The largest absolute Gasteiger partial charge is 1.00 e. The summed E-state index contributed by atoms with van der Waals surface area (Å²) in [6.07, 6.45) is 15.3. The van der Waals surface area contributed by atoms with Crippen molar-refractivity contribution < 1.29 is 47.0 Å². The zero-order valence-electron chi connectivity index (χ0n) is 32.1. The first kappa shape index (κ1) is 46.6. The second-order valence-corrected chi connectivity index (χ2v) is 17.5. The first-order chi connectivity index (χ1) is 23.0. The van der Waals surface area contributed by atoms with Gasteiger partial charge in [0.15, 0.2) is 0 Å². The van der Waals surface area contributed by atoms with E-state index in [1.165, 1.54) is 75.3 Å². The van der Waals surface area contributed by atoms with Crippen molar-refractivity contribution in [2.45, 2.75) is 148 Å². The predicted molar refractivity (Wildman–Crippen MR) is 209 cm³/mol. The zero-order chi connectivity index (χ0) is 34.9. The van der Waals surface area contributed by atoms with Gasteiger partial charge in [0.05, 0.1) is 23.4 Å². The van der Waals surface area contributed by atoms with Crippen molar-refractivity contribution in [1.29, 1.82) is 0 Å². The summed E-state index contributed by atoms with van der Waals surface area (Å²) >= 11 is 0. The molecule has 50 heavy (non-hydrogen) atoms. The Balaban J connectivity index is 0.000000613. The summed E-state index contributed by atoms with van der Waals surface area (Å²) < 4.78 is 17.7. The van der Waals surface area contributed by atoms with E-state index in [1.807, 2.05) is 45.0 Å². The second kappa shape index (κ2) is 24.7. The fourth-order valence-electron chi connectivity index (χ4n) is 6.54. The molecular weight excluding hydrogens is 751 g/mol. The molecule has 0 saturated heterocycles. The van der Waals surface area contributed by atoms with Gasteiger partial charge < -0.3 is 32.4 Å². The quantitative estimate of drug-likeness (QED) is 0.166. The molecule has 0 aromatic heterocycles. The summed E-state index contributed by atoms with van der Waals surface area (Å²) in [4.78, 5) is 0. The molecule has 7 heteroatoms. The Bertz CT molecular complexity index is 1260. The van der Waals surface area contributed by atoms with Crippen LogP contribution in [0.15, 0.2) is 66.7 Å². The van der Waals surface area contributed by atoms with Gasteiger partial charge in [-0.3, -0.25) is 0 Å². The van der Waals surface area contributed by atoms with E-state index >= 15 is 0 Å². The molecule has 0 aliphatic heterocycles. The van der Waals surface area contributed by atoms with E-state index in [9.17, 15) is 0 Å². The third-order valence-corrected chi connectivity index (χ3v) is 12.5. The molecule has 2 aliphatic carbocycles. The molecule has 0 heterocycles. The maximum absolute atomic E-state index is 6.37. The standard InChI is InChI=1S/C30H43O2P.C8H10N.C5H12O.ClH.Pd/c1-22(2)31-27-19-13-20-28(32-23(3)4)30(27)26-18-11-12-21-29(26)33(24-14-7-5-8-15-24)25-16-9-6-10-17-25;9-7-6-8-4-2-1-3-5-8;1-5(2,3)6-4;;/h11-13,18-25H,5-10,14-17H2,1-4H3;1-4H,6-7,9H2;1-4H3;1H;/p-1. The van der Waals surface area contributed by atoms with Crippen LogP contribution in [-0.4, -0.2) is 42.8 Å². The molecule has 3 aromatic carbocycles. The number of hydrogen-bond donors (Lipinski definition) is 1. The van der Waals surface area contributed by atoms with Crippen LogP contribution in [0.3, 0.4) is 0 Å². The fraction of sp³-hybridized carbons (Fsp3) is 0.581. The average molecular weight is 817 g/mol. The average Bonchev–Trinajstić information content (AvgIpc) is 3.07. The normalized spacial score (nSPS) is 15.2. The molecule has 283 valence electrons. The Kier molecular flexibility index (Phi) is 23.0. The Morgan fingerprint density at radius 1 is 0.740 bits per heavy atom. The van der Waals surface area contributed by atoms with Gasteiger partial charge in [-0.05, 0) is 133 Å². The van der Waals surface area contributed by atoms with Crippen molar-refractivity contribution >= 4 is 13.2 Å². The minimum Gasteiger partial charge on any atom is -1.00 e. The molecule has 2 fully saturated rings. The van der Waals surface area contributed by atoms with Gasteiger partial charge in [-0.15, -0.1) is 0 Å². The van der Waals surface area contributed by atoms with E-state index in [0.29, 0.717) is 6.54 Å². The van der Waals surface area contributed by atoms with Crippen molar-refractivity contribution in [3.63, 3.8) is 0 Å². The van der Waals surface area contributed by atoms with E-state index in [0.717, 1.165) is 34.8 Å². The SMILES string of the molecule is CC(C)Oc1cccc(OC(C)C)c1-c1ccccc1P(C1CCCCC1)C1CCCCC1.COC(C)(C)C.NCCc1[c]cccc1.[Cl-].[Pd]. The molecule has 2 N–H and O–H groups in total. The molecule has 2 saturated carbocycles. The Morgan fingerprint density at radius 2 is 1.22 bits per heavy atom. The molecule has 0 atom stereocenters. The number of rotatable bonds is 10. The van der Waals surface area contributed by atoms with Crippen LogP contribution < -0.4 is 32.9 Å². The molecule has 3 aromatic rings. The Hall–Kier alpha value is -1.44. The summed E-state index contributed by atoms with van der Waals surface area (Å²) in [5.41, 5.74) is 10.8. The number of nitrogens with two attached hydrogens (primary N) is 1. The molecule has 0 spiro atoms. The van der Waals surface area contributed by atoms with Gasteiger partial charge in [-0.25, -0.2) is 0 Å². The third kappa shape index (κ3) is 16.1. The van der Waals surface area contributed by atoms with E-state index in [2.05, 4.69) is 76.2 Å². The Labute approximate surface area is 327 Å². The minimum absolute atomic E-state index is 0. The fourth-order valence-corrected chi connectivity index (χ4v) is 10.5. The van der Waals surface area contributed by atoms with Crippen molar-refractivity contribution in [1.82, 2.24) is 0 Å². The monoisotopic (exact) mass is 815 g/mol. The van der Waals surface area contributed by atoms with Gasteiger partial charge in [-0.1, -0.05) is 101 Å². The van der Waals surface area contributed by atoms with Crippen molar-refractivity contribution in [2.24, 2.45) is 5.73 Å². The van der Waals surface area contributed by atoms with Gasteiger partial charge in [-0.2, -0.15) is 0 Å². The van der Waals surface area contributed by atoms with Gasteiger partial charge >= 0.3 is 0 Å². The second-order valence-electron chi connectivity index (χ2n) is 14.7. The van der Waals surface area contributed by atoms with E-state index in [1.54, 1.807) is 12.4 Å². The Morgan fingerprint density at radius 3 is 1.64 bits per heavy atom. The van der Waals surface area contributed by atoms with Gasteiger partial charge in [0.2, 0.25) is 0 Å². The summed E-state index contributed by atoms with van der Waals surface area (Å²) in [6.45, 7) is 15.2. The van der Waals surface area contributed by atoms with Crippen LogP contribution >= 0.6 is 7.92 Å². The molecule has 0 unspecified atom stereocenters. The van der Waals surface area contributed by atoms with Gasteiger partial charge in [0.1, 0.15) is 11.5 Å². The molecule has 5 rings (SSSR count). The number of methoxy groups -OCH3 is 1. The van der Waals surface area contributed by atoms with Crippen LogP contribution in [0.2, 0.25) is 0 Å². The first-order valence-electron chi connectivity index (χ1n) is 18.6. The van der Waals surface area contributed by atoms with Gasteiger partial charge in [0, 0.05) is 27.5 Å². The van der Waals surface area contributed by atoms with E-state index < -0.39 is 0 Å². The number of hydrogen-bond acceptors (Lipinski definition) is 4. The van der Waals surface area contributed by atoms with Crippen LogP contribution in [0.25, 0.3) is 11.1 Å². The van der Waals surface area contributed by atoms with Gasteiger partial charge in [0.25, 0.3) is 0 Å². The summed E-state index contributed by atoms with van der Waals surface area (Å²) in [6, 6.07) is 26.6. The van der Waals surface area contributed by atoms with Crippen LogP contribution in [0.4, 0.5) is 0 Å². The van der Waals surface area contributed by atoms with Crippen LogP contribution in [0, 0.1) is 6.07 Å². The topological polar surface area (TPSA) is 53.7 Å². The third-order valence-electron chi connectivity index (χ3n) is 8.90. The maximum atomic E-state index is 6.37. The summed E-state index contributed by atoms with van der Waals surface area (Å²) in [5.74, 6) is 1.91. The van der Waals surface area contributed by atoms with Crippen molar-refractivity contribution in [3.05, 3.63) is 78.4 Å². The molecule has 2 aliphatic rings. The molecule has 0 amide bonds. The predicted octanol–water partition coefficient (Wildman–Crippen LogP) is 8.12. The smallest absolute Gasteiger partial charge is 0.131 e. The molecular formula is C43H65ClNO3PPd-. The maximum Gasteiger partial charge on any atom is 0.131 e. The van der Waals surface area contributed by atoms with Crippen LogP contribution in [0.1, 0.15) is 118 Å². The van der Waals surface area contributed by atoms with Crippen molar-refractivity contribution in [3.8, 4) is 22.6 Å². The molecule has 4 nitrogen and oxygen atoms in total. The minimum atomic E-state index is -0.213. The van der Waals surface area contributed by atoms with Crippen molar-refractivity contribution in [2.75, 3.05) is 13.7 Å². The number of benzene rings is 3. The van der Waals surface area contributed by atoms with E-state index in [4.69, 9.17) is 19.9 Å². The first-order valence-corrected chi connectivity index (χ1v) is 20.1. The number of ether oxygens (including phenoxy) is 3. The zero-order valence-corrected chi connectivity index (χ0v) is 35.3. The van der Waals surface area contributed by atoms with Crippen LogP contribution in [0.5, 0.6) is 11.5 Å². The number of halogens is 1. The molecule has 0 bridgehead atoms. The van der Waals surface area contributed by atoms with E-state index in [-0.39, 0.29) is 58.6 Å².